The molecule has 0 N–H and O–H groups in total. The van der Waals surface area contributed by atoms with Crippen molar-refractivity contribution in [1.82, 2.24) is 4.90 Å². The van der Waals surface area contributed by atoms with Gasteiger partial charge in [-0.2, -0.15) is 0 Å². The van der Waals surface area contributed by atoms with Gasteiger partial charge in [0.05, 0.1) is 5.54 Å². The third-order valence-corrected chi connectivity index (χ3v) is 2.53. The molecule has 2 amide bonds. The van der Waals surface area contributed by atoms with Crippen LogP contribution >= 0.6 is 11.6 Å². The minimum atomic E-state index is -0.656. The molecule has 0 saturated heterocycles. The molecule has 0 saturated carbocycles. The molecule has 0 rings (SSSR count). The lowest BCUT2D eigenvalue weighted by atomic mass is 10.1. The van der Waals surface area contributed by atoms with E-state index in [0.717, 1.165) is 5.57 Å². The highest BCUT2D eigenvalue weighted by atomic mass is 35.5. The van der Waals surface area contributed by atoms with E-state index in [0.29, 0.717) is 0 Å². The van der Waals surface area contributed by atoms with Gasteiger partial charge in [0, 0.05) is 18.9 Å². The summed E-state index contributed by atoms with van der Waals surface area (Å²) in [4.78, 5) is 24.3. The highest BCUT2D eigenvalue weighted by Gasteiger charge is 2.32. The molecule has 0 bridgehead atoms. The van der Waals surface area contributed by atoms with Gasteiger partial charge >= 0.3 is 0 Å². The predicted octanol–water partition coefficient (Wildman–Crippen LogP) is 2.35. The summed E-state index contributed by atoms with van der Waals surface area (Å²) in [6, 6.07) is 0. The molecule has 0 atom stereocenters. The number of hydrogen-bond acceptors (Lipinski definition) is 2. The Hall–Kier alpha value is -0.830. The fraction of sp³-hybridized carbons (Fsp3) is 0.636. The van der Waals surface area contributed by atoms with Crippen molar-refractivity contribution < 1.29 is 9.59 Å². The summed E-state index contributed by atoms with van der Waals surface area (Å²) >= 11 is 5.75. The standard InChI is InChI=1S/C11H18ClNO2/c1-8(2)6-10(15)13(9(3)14)11(4,5)7-12/h6H,7H2,1-5H3. The molecule has 4 heteroatoms. The molecular weight excluding hydrogens is 214 g/mol. The Kier molecular flexibility index (Phi) is 5.01. The summed E-state index contributed by atoms with van der Waals surface area (Å²) in [5, 5.41) is 0. The molecule has 3 nitrogen and oxygen atoms in total. The van der Waals surface area contributed by atoms with Crippen LogP contribution in [0.5, 0.6) is 0 Å². The smallest absolute Gasteiger partial charge is 0.253 e. The van der Waals surface area contributed by atoms with Crippen molar-refractivity contribution in [3.8, 4) is 0 Å². The van der Waals surface area contributed by atoms with Gasteiger partial charge in [-0.15, -0.1) is 11.6 Å². The van der Waals surface area contributed by atoms with Crippen LogP contribution in [0.4, 0.5) is 0 Å². The average Bonchev–Trinajstić information content (AvgIpc) is 2.01. The van der Waals surface area contributed by atoms with Crippen molar-refractivity contribution in [3.05, 3.63) is 11.6 Å². The summed E-state index contributed by atoms with van der Waals surface area (Å²) < 4.78 is 0. The summed E-state index contributed by atoms with van der Waals surface area (Å²) in [5.74, 6) is -0.383. The molecule has 0 aliphatic rings. The van der Waals surface area contributed by atoms with Gasteiger partial charge in [0.15, 0.2) is 0 Å². The Bertz CT molecular complexity index is 291. The van der Waals surface area contributed by atoms with Gasteiger partial charge in [-0.25, -0.2) is 0 Å². The van der Waals surface area contributed by atoms with E-state index in [2.05, 4.69) is 0 Å². The lowest BCUT2D eigenvalue weighted by molar-refractivity contribution is -0.145. The van der Waals surface area contributed by atoms with Gasteiger partial charge in [0.1, 0.15) is 0 Å². The van der Waals surface area contributed by atoms with Gasteiger partial charge in [-0.05, 0) is 27.7 Å². The number of hydrogen-bond donors (Lipinski definition) is 0. The third kappa shape index (κ3) is 4.04. The van der Waals surface area contributed by atoms with Crippen LogP contribution in [0, 0.1) is 0 Å². The molecule has 0 heterocycles. The number of halogens is 1. The van der Waals surface area contributed by atoms with Crippen LogP contribution in [0.25, 0.3) is 0 Å². The van der Waals surface area contributed by atoms with Crippen LogP contribution in [0.1, 0.15) is 34.6 Å². The van der Waals surface area contributed by atoms with Crippen molar-refractivity contribution >= 4 is 23.4 Å². The van der Waals surface area contributed by atoms with Crippen molar-refractivity contribution in [2.24, 2.45) is 0 Å². The molecule has 0 aromatic rings. The van der Waals surface area contributed by atoms with Crippen molar-refractivity contribution in [1.29, 1.82) is 0 Å². The second-order valence-corrected chi connectivity index (χ2v) is 4.63. The van der Waals surface area contributed by atoms with Gasteiger partial charge in [0.25, 0.3) is 5.91 Å². The molecule has 86 valence electrons. The number of nitrogens with zero attached hydrogens (tertiary/aromatic N) is 1. The summed E-state index contributed by atoms with van der Waals surface area (Å²) in [5.41, 5.74) is 0.202. The van der Waals surface area contributed by atoms with E-state index < -0.39 is 5.54 Å². The van der Waals surface area contributed by atoms with E-state index in [9.17, 15) is 9.59 Å². The van der Waals surface area contributed by atoms with Crippen LogP contribution in [-0.4, -0.2) is 28.1 Å². The molecule has 0 aromatic carbocycles. The first kappa shape index (κ1) is 14.2. The van der Waals surface area contributed by atoms with E-state index in [1.165, 1.54) is 17.9 Å². The number of allylic oxidation sites excluding steroid dienone is 1. The summed E-state index contributed by atoms with van der Waals surface area (Å²) in [7, 11) is 0. The van der Waals surface area contributed by atoms with Crippen LogP contribution in [0.3, 0.4) is 0 Å². The number of alkyl halides is 1. The first-order chi connectivity index (χ1) is 6.72. The minimum absolute atomic E-state index is 0.217. The first-order valence-electron chi connectivity index (χ1n) is 4.78. The molecule has 0 aromatic heterocycles. The van der Waals surface area contributed by atoms with Crippen molar-refractivity contribution in [3.63, 3.8) is 0 Å². The fourth-order valence-corrected chi connectivity index (χ4v) is 1.37. The predicted molar refractivity (Wildman–Crippen MR) is 61.8 cm³/mol. The normalized spacial score (nSPS) is 10.8. The highest BCUT2D eigenvalue weighted by Crippen LogP contribution is 2.17. The maximum atomic E-state index is 11.8. The van der Waals surface area contributed by atoms with E-state index in [-0.39, 0.29) is 17.7 Å². The quantitative estimate of drug-likeness (QED) is 0.552. The lowest BCUT2D eigenvalue weighted by Gasteiger charge is -2.33. The fourth-order valence-electron chi connectivity index (χ4n) is 1.25. The van der Waals surface area contributed by atoms with E-state index >= 15 is 0 Å². The Labute approximate surface area is 96.1 Å². The number of amides is 2. The average molecular weight is 232 g/mol. The number of carbonyl (C=O) groups is 2. The molecular formula is C11H18ClNO2. The van der Waals surface area contributed by atoms with Crippen LogP contribution < -0.4 is 0 Å². The molecule has 0 radical (unpaired) electrons. The van der Waals surface area contributed by atoms with Crippen molar-refractivity contribution in [2.45, 2.75) is 40.2 Å². The molecule has 15 heavy (non-hydrogen) atoms. The monoisotopic (exact) mass is 231 g/mol. The van der Waals surface area contributed by atoms with Crippen LogP contribution in [0.15, 0.2) is 11.6 Å². The number of rotatable bonds is 3. The molecule has 0 spiro atoms. The summed E-state index contributed by atoms with van der Waals surface area (Å²) in [6.45, 7) is 8.51. The molecule has 0 aliphatic carbocycles. The topological polar surface area (TPSA) is 37.4 Å². The zero-order valence-electron chi connectivity index (χ0n) is 9.93. The summed E-state index contributed by atoms with van der Waals surface area (Å²) in [6.07, 6.45) is 1.44. The van der Waals surface area contributed by atoms with E-state index in [1.54, 1.807) is 13.8 Å². The first-order valence-corrected chi connectivity index (χ1v) is 5.31. The van der Waals surface area contributed by atoms with E-state index in [1.807, 2.05) is 13.8 Å². The van der Waals surface area contributed by atoms with Crippen LogP contribution in [-0.2, 0) is 9.59 Å². The maximum Gasteiger partial charge on any atom is 0.253 e. The largest absolute Gasteiger partial charge is 0.275 e. The zero-order valence-corrected chi connectivity index (χ0v) is 10.7. The third-order valence-electron chi connectivity index (χ3n) is 1.88. The van der Waals surface area contributed by atoms with Gasteiger partial charge < -0.3 is 0 Å². The molecule has 0 aliphatic heterocycles. The Morgan fingerprint density at radius 3 is 2.00 bits per heavy atom. The Balaban J connectivity index is 5.09. The van der Waals surface area contributed by atoms with Gasteiger partial charge in [-0.3, -0.25) is 14.5 Å². The van der Waals surface area contributed by atoms with Crippen LogP contribution in [0.2, 0.25) is 0 Å². The van der Waals surface area contributed by atoms with Crippen molar-refractivity contribution in [2.75, 3.05) is 5.88 Å². The Morgan fingerprint density at radius 1 is 1.27 bits per heavy atom. The minimum Gasteiger partial charge on any atom is -0.275 e. The Morgan fingerprint density at radius 2 is 1.73 bits per heavy atom. The second-order valence-electron chi connectivity index (χ2n) is 4.36. The number of imide groups is 1. The van der Waals surface area contributed by atoms with Gasteiger partial charge in [0.2, 0.25) is 5.91 Å². The molecule has 0 unspecified atom stereocenters. The highest BCUT2D eigenvalue weighted by molar-refractivity contribution is 6.19. The van der Waals surface area contributed by atoms with E-state index in [4.69, 9.17) is 11.6 Å². The zero-order chi connectivity index (χ0) is 12.2. The maximum absolute atomic E-state index is 11.8. The lowest BCUT2D eigenvalue weighted by Crippen LogP contribution is -2.51. The SMILES string of the molecule is CC(=O)N(C(=O)C=C(C)C)C(C)(C)CCl. The number of carbonyl (C=O) groups excluding carboxylic acids is 2. The second kappa shape index (κ2) is 5.31. The molecule has 0 fully saturated rings. The van der Waals surface area contributed by atoms with Gasteiger partial charge in [-0.1, -0.05) is 5.57 Å².